The van der Waals surface area contributed by atoms with E-state index in [4.69, 9.17) is 4.74 Å². The largest absolute Gasteiger partial charge is 0.459 e. The molecule has 0 amide bonds. The van der Waals surface area contributed by atoms with Gasteiger partial charge in [0.25, 0.3) is 0 Å². The molecule has 1 aliphatic carbocycles. The first kappa shape index (κ1) is 8.57. The SMILES string of the molecule is CC(=O)OC1(C)CCCC1C. The molecule has 64 valence electrons. The summed E-state index contributed by atoms with van der Waals surface area (Å²) in [7, 11) is 0. The highest BCUT2D eigenvalue weighted by atomic mass is 16.6. The monoisotopic (exact) mass is 156 g/mol. The van der Waals surface area contributed by atoms with Crippen molar-refractivity contribution in [2.24, 2.45) is 5.92 Å². The van der Waals surface area contributed by atoms with Crippen LogP contribution >= 0.6 is 0 Å². The smallest absolute Gasteiger partial charge is 0.303 e. The summed E-state index contributed by atoms with van der Waals surface area (Å²) >= 11 is 0. The first-order chi connectivity index (χ1) is 5.04. The molecule has 0 aliphatic heterocycles. The van der Waals surface area contributed by atoms with E-state index in [1.54, 1.807) is 0 Å². The Balaban J connectivity index is 2.58. The molecule has 0 aromatic carbocycles. The third-order valence-corrected chi connectivity index (χ3v) is 2.73. The predicted molar refractivity (Wildman–Crippen MR) is 43.2 cm³/mol. The Hall–Kier alpha value is -0.530. The second-order valence-electron chi connectivity index (χ2n) is 3.70. The number of carbonyl (C=O) groups is 1. The third-order valence-electron chi connectivity index (χ3n) is 2.73. The van der Waals surface area contributed by atoms with Crippen LogP contribution in [0.25, 0.3) is 0 Å². The molecule has 2 heteroatoms. The normalized spacial score (nSPS) is 37.2. The fraction of sp³-hybridized carbons (Fsp3) is 0.889. The van der Waals surface area contributed by atoms with Gasteiger partial charge in [-0.3, -0.25) is 4.79 Å². The molecule has 0 aromatic rings. The second kappa shape index (κ2) is 2.84. The quantitative estimate of drug-likeness (QED) is 0.543. The molecule has 1 saturated carbocycles. The van der Waals surface area contributed by atoms with E-state index in [-0.39, 0.29) is 11.6 Å². The summed E-state index contributed by atoms with van der Waals surface area (Å²) < 4.78 is 5.27. The number of ether oxygens (including phenoxy) is 1. The molecule has 0 spiro atoms. The summed E-state index contributed by atoms with van der Waals surface area (Å²) in [5.74, 6) is 0.368. The van der Waals surface area contributed by atoms with Crippen molar-refractivity contribution in [2.45, 2.75) is 45.6 Å². The van der Waals surface area contributed by atoms with Gasteiger partial charge in [0.1, 0.15) is 5.60 Å². The second-order valence-corrected chi connectivity index (χ2v) is 3.70. The predicted octanol–water partition coefficient (Wildman–Crippen LogP) is 2.13. The fourth-order valence-electron chi connectivity index (χ4n) is 1.79. The minimum atomic E-state index is -0.175. The number of rotatable bonds is 1. The van der Waals surface area contributed by atoms with Crippen molar-refractivity contribution in [3.8, 4) is 0 Å². The molecular weight excluding hydrogens is 140 g/mol. The molecule has 0 bridgehead atoms. The standard InChI is InChI=1S/C9H16O2/c1-7-5-4-6-9(7,3)11-8(2)10/h7H,4-6H2,1-3H3. The lowest BCUT2D eigenvalue weighted by atomic mass is 9.95. The van der Waals surface area contributed by atoms with E-state index in [0.717, 1.165) is 6.42 Å². The molecule has 0 heterocycles. The molecule has 1 aliphatic rings. The Morgan fingerprint density at radius 1 is 1.64 bits per heavy atom. The van der Waals surface area contributed by atoms with Crippen molar-refractivity contribution in [3.05, 3.63) is 0 Å². The van der Waals surface area contributed by atoms with Crippen LogP contribution in [0.2, 0.25) is 0 Å². The Kier molecular flexibility index (Phi) is 2.21. The number of carbonyl (C=O) groups excluding carboxylic acids is 1. The molecule has 0 N–H and O–H groups in total. The highest BCUT2D eigenvalue weighted by molar-refractivity contribution is 5.66. The van der Waals surface area contributed by atoms with E-state index < -0.39 is 0 Å². The minimum absolute atomic E-state index is 0.152. The fourth-order valence-corrected chi connectivity index (χ4v) is 1.79. The van der Waals surface area contributed by atoms with Crippen LogP contribution in [0, 0.1) is 5.92 Å². The van der Waals surface area contributed by atoms with E-state index in [9.17, 15) is 4.79 Å². The van der Waals surface area contributed by atoms with Gasteiger partial charge in [0, 0.05) is 6.92 Å². The summed E-state index contributed by atoms with van der Waals surface area (Å²) in [6.45, 7) is 5.66. The average Bonchev–Trinajstić information content (AvgIpc) is 2.11. The van der Waals surface area contributed by atoms with Crippen LogP contribution in [0.15, 0.2) is 0 Å². The van der Waals surface area contributed by atoms with Gasteiger partial charge >= 0.3 is 5.97 Å². The van der Waals surface area contributed by atoms with Gasteiger partial charge in [0.05, 0.1) is 0 Å². The van der Waals surface area contributed by atoms with E-state index in [1.807, 2.05) is 6.92 Å². The summed E-state index contributed by atoms with van der Waals surface area (Å²) in [5.41, 5.74) is -0.175. The maximum atomic E-state index is 10.7. The summed E-state index contributed by atoms with van der Waals surface area (Å²) in [5, 5.41) is 0. The van der Waals surface area contributed by atoms with Crippen LogP contribution in [-0.2, 0) is 9.53 Å². The first-order valence-electron chi connectivity index (χ1n) is 4.24. The van der Waals surface area contributed by atoms with Gasteiger partial charge in [0.2, 0.25) is 0 Å². The van der Waals surface area contributed by atoms with Gasteiger partial charge in [-0.1, -0.05) is 6.92 Å². The molecule has 11 heavy (non-hydrogen) atoms. The van der Waals surface area contributed by atoms with Gasteiger partial charge in [0.15, 0.2) is 0 Å². The van der Waals surface area contributed by atoms with Crippen molar-refractivity contribution >= 4 is 5.97 Å². The number of hydrogen-bond donors (Lipinski definition) is 0. The number of hydrogen-bond acceptors (Lipinski definition) is 2. The third kappa shape index (κ3) is 1.73. The lowest BCUT2D eigenvalue weighted by Gasteiger charge is -2.28. The van der Waals surface area contributed by atoms with Gasteiger partial charge in [-0.2, -0.15) is 0 Å². The van der Waals surface area contributed by atoms with Crippen molar-refractivity contribution < 1.29 is 9.53 Å². The molecule has 0 aromatic heterocycles. The van der Waals surface area contributed by atoms with Crippen LogP contribution in [0.4, 0.5) is 0 Å². The minimum Gasteiger partial charge on any atom is -0.459 e. The number of esters is 1. The molecule has 2 nitrogen and oxygen atoms in total. The summed E-state index contributed by atoms with van der Waals surface area (Å²) in [6, 6.07) is 0. The Morgan fingerprint density at radius 3 is 2.64 bits per heavy atom. The van der Waals surface area contributed by atoms with Gasteiger partial charge < -0.3 is 4.74 Å². The van der Waals surface area contributed by atoms with Gasteiger partial charge in [-0.25, -0.2) is 0 Å². The van der Waals surface area contributed by atoms with Crippen molar-refractivity contribution in [2.75, 3.05) is 0 Å². The summed E-state index contributed by atoms with van der Waals surface area (Å²) in [6.07, 6.45) is 3.39. The Morgan fingerprint density at radius 2 is 2.27 bits per heavy atom. The highest BCUT2D eigenvalue weighted by Crippen LogP contribution is 2.37. The van der Waals surface area contributed by atoms with E-state index >= 15 is 0 Å². The van der Waals surface area contributed by atoms with Crippen LogP contribution < -0.4 is 0 Å². The zero-order valence-electron chi connectivity index (χ0n) is 7.52. The first-order valence-corrected chi connectivity index (χ1v) is 4.24. The maximum Gasteiger partial charge on any atom is 0.303 e. The topological polar surface area (TPSA) is 26.3 Å². The van der Waals surface area contributed by atoms with Crippen molar-refractivity contribution in [3.63, 3.8) is 0 Å². The summed E-state index contributed by atoms with van der Waals surface area (Å²) in [4.78, 5) is 10.7. The van der Waals surface area contributed by atoms with E-state index in [1.165, 1.54) is 19.8 Å². The molecule has 2 unspecified atom stereocenters. The van der Waals surface area contributed by atoms with Crippen molar-refractivity contribution in [1.29, 1.82) is 0 Å². The van der Waals surface area contributed by atoms with Crippen LogP contribution in [0.3, 0.4) is 0 Å². The Labute approximate surface area is 67.9 Å². The molecular formula is C9H16O2. The molecule has 0 saturated heterocycles. The molecule has 1 fully saturated rings. The lowest BCUT2D eigenvalue weighted by molar-refractivity contribution is -0.158. The Bertz CT molecular complexity index is 165. The zero-order valence-corrected chi connectivity index (χ0v) is 7.52. The van der Waals surface area contributed by atoms with Crippen LogP contribution in [0.5, 0.6) is 0 Å². The van der Waals surface area contributed by atoms with Gasteiger partial charge in [-0.05, 0) is 32.1 Å². The zero-order chi connectivity index (χ0) is 8.48. The van der Waals surface area contributed by atoms with Crippen molar-refractivity contribution in [1.82, 2.24) is 0 Å². The van der Waals surface area contributed by atoms with E-state index in [0.29, 0.717) is 5.92 Å². The molecule has 0 radical (unpaired) electrons. The molecule has 2 atom stereocenters. The highest BCUT2D eigenvalue weighted by Gasteiger charge is 2.38. The van der Waals surface area contributed by atoms with Crippen LogP contribution in [-0.4, -0.2) is 11.6 Å². The average molecular weight is 156 g/mol. The maximum absolute atomic E-state index is 10.7. The van der Waals surface area contributed by atoms with Gasteiger partial charge in [-0.15, -0.1) is 0 Å². The molecule has 1 rings (SSSR count). The lowest BCUT2D eigenvalue weighted by Crippen LogP contribution is -2.33. The van der Waals surface area contributed by atoms with Crippen LogP contribution in [0.1, 0.15) is 40.0 Å². The van der Waals surface area contributed by atoms with E-state index in [2.05, 4.69) is 6.92 Å².